The van der Waals surface area contributed by atoms with Gasteiger partial charge < -0.3 is 0 Å². The molecule has 7 heteroatoms. The second-order valence-corrected chi connectivity index (χ2v) is 4.78. The minimum absolute atomic E-state index is 0.151. The number of aromatic nitrogens is 2. The molecule has 0 aliphatic carbocycles. The lowest BCUT2D eigenvalue weighted by atomic mass is 10.2. The number of benzene rings is 1. The van der Waals surface area contributed by atoms with E-state index in [1.165, 1.54) is 6.07 Å². The normalized spacial score (nSPS) is 12.4. The lowest BCUT2D eigenvalue weighted by Crippen LogP contribution is -2.01. The predicted molar refractivity (Wildman–Crippen MR) is 68.7 cm³/mol. The van der Waals surface area contributed by atoms with Gasteiger partial charge in [-0.05, 0) is 18.6 Å². The first-order chi connectivity index (χ1) is 8.97. The molecule has 0 aliphatic rings. The summed E-state index contributed by atoms with van der Waals surface area (Å²) >= 11 is 5.91. The second kappa shape index (κ2) is 5.36. The Morgan fingerprint density at radius 3 is 2.84 bits per heavy atom. The van der Waals surface area contributed by atoms with E-state index in [9.17, 15) is 14.5 Å². The van der Waals surface area contributed by atoms with Crippen LogP contribution >= 0.6 is 11.6 Å². The van der Waals surface area contributed by atoms with Gasteiger partial charge in [0.15, 0.2) is 0 Å². The van der Waals surface area contributed by atoms with Gasteiger partial charge in [-0.25, -0.2) is 0 Å². The van der Waals surface area contributed by atoms with Gasteiger partial charge >= 0.3 is 5.69 Å². The van der Waals surface area contributed by atoms with Crippen molar-refractivity contribution < 1.29 is 9.31 Å². The topological polar surface area (TPSA) is 61.0 Å². The summed E-state index contributed by atoms with van der Waals surface area (Å²) in [7, 11) is 0. The highest BCUT2D eigenvalue weighted by molar-refractivity contribution is 6.20. The molecule has 5 nitrogen and oxygen atoms in total. The number of hydrogen-bond donors (Lipinski definition) is 0. The van der Waals surface area contributed by atoms with Crippen LogP contribution in [0.5, 0.6) is 0 Å². The molecule has 1 aromatic carbocycles. The first-order valence-electron chi connectivity index (χ1n) is 5.56. The van der Waals surface area contributed by atoms with E-state index in [2.05, 4.69) is 5.10 Å². The zero-order valence-electron chi connectivity index (χ0n) is 10.1. The van der Waals surface area contributed by atoms with Crippen LogP contribution in [-0.2, 0) is 6.54 Å². The fraction of sp³-hybridized carbons (Fsp3) is 0.250. The van der Waals surface area contributed by atoms with Gasteiger partial charge in [-0.15, -0.1) is 11.6 Å². The molecule has 0 radical (unpaired) electrons. The summed E-state index contributed by atoms with van der Waals surface area (Å²) in [6.07, 6.45) is 3.40. The maximum absolute atomic E-state index is 13.4. The van der Waals surface area contributed by atoms with Crippen molar-refractivity contribution in [2.45, 2.75) is 18.8 Å². The first kappa shape index (κ1) is 13.5. The Balaban J connectivity index is 2.19. The van der Waals surface area contributed by atoms with Gasteiger partial charge in [0.05, 0.1) is 23.0 Å². The van der Waals surface area contributed by atoms with E-state index in [1.807, 2.05) is 6.92 Å². The molecule has 0 N–H and O–H groups in total. The Labute approximate surface area is 113 Å². The number of rotatable bonds is 4. The zero-order valence-corrected chi connectivity index (χ0v) is 10.8. The third-order valence-electron chi connectivity index (χ3n) is 2.67. The highest BCUT2D eigenvalue weighted by Gasteiger charge is 2.14. The number of alkyl halides is 1. The maximum atomic E-state index is 13.4. The van der Waals surface area contributed by atoms with Crippen molar-refractivity contribution in [2.75, 3.05) is 0 Å². The standard InChI is InChI=1S/C12H11ClFN3O2/c1-8(13)10-5-15-16(7-10)6-9-2-3-12(17(18)19)11(14)4-9/h2-5,7-8H,6H2,1H3. The number of hydrogen-bond acceptors (Lipinski definition) is 3. The number of nitro groups is 1. The molecule has 19 heavy (non-hydrogen) atoms. The van der Waals surface area contributed by atoms with Crippen molar-refractivity contribution in [1.29, 1.82) is 0 Å². The molecule has 100 valence electrons. The quantitative estimate of drug-likeness (QED) is 0.491. The summed E-state index contributed by atoms with van der Waals surface area (Å²) in [5, 5.41) is 14.4. The van der Waals surface area contributed by atoms with E-state index in [-0.39, 0.29) is 5.38 Å². The Morgan fingerprint density at radius 1 is 1.58 bits per heavy atom. The number of nitrogens with zero attached hydrogens (tertiary/aromatic N) is 3. The van der Waals surface area contributed by atoms with Gasteiger partial charge in [0, 0.05) is 17.8 Å². The Bertz CT molecular complexity index is 613. The summed E-state index contributed by atoms with van der Waals surface area (Å²) in [6.45, 7) is 2.16. The summed E-state index contributed by atoms with van der Waals surface area (Å²) in [5.41, 5.74) is 0.934. The van der Waals surface area contributed by atoms with Crippen molar-refractivity contribution in [1.82, 2.24) is 9.78 Å². The molecule has 0 amide bonds. The van der Waals surface area contributed by atoms with Crippen molar-refractivity contribution in [3.63, 3.8) is 0 Å². The van der Waals surface area contributed by atoms with Crippen LogP contribution in [0.3, 0.4) is 0 Å². The third-order valence-corrected chi connectivity index (χ3v) is 2.92. The van der Waals surface area contributed by atoms with Gasteiger partial charge in [0.1, 0.15) is 0 Å². The molecule has 2 rings (SSSR count). The summed E-state index contributed by atoms with van der Waals surface area (Å²) in [4.78, 5) is 9.75. The van der Waals surface area contributed by atoms with Crippen molar-refractivity contribution in [2.24, 2.45) is 0 Å². The summed E-state index contributed by atoms with van der Waals surface area (Å²) < 4.78 is 15.1. The highest BCUT2D eigenvalue weighted by Crippen LogP contribution is 2.20. The minimum atomic E-state index is -0.847. The average Bonchev–Trinajstić information content (AvgIpc) is 2.77. The van der Waals surface area contributed by atoms with E-state index in [4.69, 9.17) is 11.6 Å². The minimum Gasteiger partial charge on any atom is -0.268 e. The Hall–Kier alpha value is -1.95. The lowest BCUT2D eigenvalue weighted by molar-refractivity contribution is -0.387. The third kappa shape index (κ3) is 3.08. The van der Waals surface area contributed by atoms with Crippen LogP contribution < -0.4 is 0 Å². The molecule has 0 spiro atoms. The molecular weight excluding hydrogens is 273 g/mol. The molecule has 1 unspecified atom stereocenters. The van der Waals surface area contributed by atoms with Crippen molar-refractivity contribution in [3.8, 4) is 0 Å². The Kier molecular flexibility index (Phi) is 3.80. The zero-order chi connectivity index (χ0) is 14.0. The van der Waals surface area contributed by atoms with Crippen molar-refractivity contribution >= 4 is 17.3 Å². The van der Waals surface area contributed by atoms with E-state index >= 15 is 0 Å². The first-order valence-corrected chi connectivity index (χ1v) is 6.00. The predicted octanol–water partition coefficient (Wildman–Crippen LogP) is 3.28. The number of nitro benzene ring substituents is 1. The molecule has 0 saturated heterocycles. The van der Waals surface area contributed by atoms with Crippen LogP contribution in [0, 0.1) is 15.9 Å². The van der Waals surface area contributed by atoms with Gasteiger partial charge in [-0.3, -0.25) is 14.8 Å². The van der Waals surface area contributed by atoms with Crippen LogP contribution in [0.15, 0.2) is 30.6 Å². The van der Waals surface area contributed by atoms with Gasteiger partial charge in [-0.2, -0.15) is 9.49 Å². The number of halogens is 2. The fourth-order valence-electron chi connectivity index (χ4n) is 1.66. The molecule has 0 aliphatic heterocycles. The van der Waals surface area contributed by atoms with Crippen molar-refractivity contribution in [3.05, 3.63) is 57.7 Å². The summed E-state index contributed by atoms with van der Waals surface area (Å²) in [5.74, 6) is -0.847. The lowest BCUT2D eigenvalue weighted by Gasteiger charge is -2.02. The molecular formula is C12H11ClFN3O2. The van der Waals surface area contributed by atoms with E-state index < -0.39 is 16.4 Å². The fourth-order valence-corrected chi connectivity index (χ4v) is 1.77. The highest BCUT2D eigenvalue weighted by atomic mass is 35.5. The second-order valence-electron chi connectivity index (χ2n) is 4.13. The van der Waals surface area contributed by atoms with Crippen LogP contribution in [0.4, 0.5) is 10.1 Å². The van der Waals surface area contributed by atoms with E-state index in [1.54, 1.807) is 17.1 Å². The molecule has 1 heterocycles. The largest absolute Gasteiger partial charge is 0.304 e. The smallest absolute Gasteiger partial charge is 0.268 e. The molecule has 2 aromatic rings. The molecule has 1 aromatic heterocycles. The van der Waals surface area contributed by atoms with Gasteiger partial charge in [0.25, 0.3) is 0 Å². The summed E-state index contributed by atoms with van der Waals surface area (Å²) in [6, 6.07) is 3.80. The molecule has 0 bridgehead atoms. The van der Waals surface area contributed by atoms with Gasteiger partial charge in [-0.1, -0.05) is 6.07 Å². The van der Waals surface area contributed by atoms with Gasteiger partial charge in [0.2, 0.25) is 5.82 Å². The van der Waals surface area contributed by atoms with E-state index in [0.29, 0.717) is 12.1 Å². The van der Waals surface area contributed by atoms with Crippen LogP contribution in [-0.4, -0.2) is 14.7 Å². The molecule has 0 saturated carbocycles. The maximum Gasteiger partial charge on any atom is 0.304 e. The van der Waals surface area contributed by atoms with E-state index in [0.717, 1.165) is 17.7 Å². The monoisotopic (exact) mass is 283 g/mol. The Morgan fingerprint density at radius 2 is 2.32 bits per heavy atom. The van der Waals surface area contributed by atoms with Crippen LogP contribution in [0.25, 0.3) is 0 Å². The van der Waals surface area contributed by atoms with Crippen LogP contribution in [0.2, 0.25) is 0 Å². The molecule has 0 fully saturated rings. The van der Waals surface area contributed by atoms with Crippen LogP contribution in [0.1, 0.15) is 23.4 Å². The average molecular weight is 284 g/mol. The molecule has 1 atom stereocenters. The SMILES string of the molecule is CC(Cl)c1cnn(Cc2ccc([N+](=O)[O-])c(F)c2)c1.